The SMILES string of the molecule is O=C(NC[C@@H]1CCC2(CCN(C(=O)c3ccccn3)CC2)O1)c1cc(F)cc(F)c1. The third-order valence-corrected chi connectivity index (χ3v) is 5.80. The first-order chi connectivity index (χ1) is 14.4. The van der Waals surface area contributed by atoms with E-state index in [1.807, 2.05) is 0 Å². The Bertz CT molecular complexity index is 910. The second-order valence-electron chi connectivity index (χ2n) is 7.84. The molecule has 2 aromatic rings. The van der Waals surface area contributed by atoms with Gasteiger partial charge in [-0.15, -0.1) is 0 Å². The van der Waals surface area contributed by atoms with Gasteiger partial charge in [0, 0.05) is 37.5 Å². The summed E-state index contributed by atoms with van der Waals surface area (Å²) >= 11 is 0. The number of halogens is 2. The molecular formula is C22H23F2N3O3. The van der Waals surface area contributed by atoms with Gasteiger partial charge in [-0.05, 0) is 49.9 Å². The quantitative estimate of drug-likeness (QED) is 0.834. The van der Waals surface area contributed by atoms with Crippen molar-refractivity contribution in [3.8, 4) is 0 Å². The molecule has 1 atom stereocenters. The summed E-state index contributed by atoms with van der Waals surface area (Å²) in [7, 11) is 0. The van der Waals surface area contributed by atoms with E-state index in [2.05, 4.69) is 10.3 Å². The summed E-state index contributed by atoms with van der Waals surface area (Å²) in [4.78, 5) is 30.6. The number of amides is 2. The van der Waals surface area contributed by atoms with Crippen LogP contribution >= 0.6 is 0 Å². The highest BCUT2D eigenvalue weighted by atomic mass is 19.1. The van der Waals surface area contributed by atoms with Gasteiger partial charge in [-0.2, -0.15) is 0 Å². The zero-order valence-electron chi connectivity index (χ0n) is 16.4. The predicted molar refractivity (Wildman–Crippen MR) is 105 cm³/mol. The van der Waals surface area contributed by atoms with E-state index in [-0.39, 0.29) is 29.7 Å². The number of aromatic nitrogens is 1. The first-order valence-corrected chi connectivity index (χ1v) is 10.1. The van der Waals surface area contributed by atoms with Crippen LogP contribution in [0.4, 0.5) is 8.78 Å². The van der Waals surface area contributed by atoms with E-state index in [4.69, 9.17) is 4.74 Å². The smallest absolute Gasteiger partial charge is 0.272 e. The summed E-state index contributed by atoms with van der Waals surface area (Å²) in [5.74, 6) is -2.19. The second kappa shape index (κ2) is 8.47. The molecule has 0 aliphatic carbocycles. The zero-order valence-corrected chi connectivity index (χ0v) is 16.4. The number of nitrogens with one attached hydrogen (secondary N) is 1. The van der Waals surface area contributed by atoms with E-state index < -0.39 is 17.5 Å². The van der Waals surface area contributed by atoms with E-state index >= 15 is 0 Å². The van der Waals surface area contributed by atoms with E-state index in [1.165, 1.54) is 0 Å². The Morgan fingerprint density at radius 2 is 1.87 bits per heavy atom. The minimum absolute atomic E-state index is 0.0541. The number of carbonyl (C=O) groups excluding carboxylic acids is 2. The lowest BCUT2D eigenvalue weighted by molar-refractivity contribution is -0.0712. The number of carbonyl (C=O) groups is 2. The van der Waals surface area contributed by atoms with Gasteiger partial charge in [0.1, 0.15) is 17.3 Å². The molecule has 158 valence electrons. The molecular weight excluding hydrogens is 392 g/mol. The lowest BCUT2D eigenvalue weighted by Gasteiger charge is -2.39. The van der Waals surface area contributed by atoms with Crippen LogP contribution < -0.4 is 5.32 Å². The molecule has 2 aliphatic rings. The molecule has 0 radical (unpaired) electrons. The van der Waals surface area contributed by atoms with E-state index in [0.29, 0.717) is 18.8 Å². The van der Waals surface area contributed by atoms with Gasteiger partial charge in [0.2, 0.25) is 0 Å². The molecule has 8 heteroatoms. The average molecular weight is 415 g/mol. The van der Waals surface area contributed by atoms with Gasteiger partial charge < -0.3 is 15.0 Å². The molecule has 3 heterocycles. The van der Waals surface area contributed by atoms with Crippen LogP contribution in [0.2, 0.25) is 0 Å². The molecule has 2 saturated heterocycles. The molecule has 4 rings (SSSR count). The number of rotatable bonds is 4. The summed E-state index contributed by atoms with van der Waals surface area (Å²) < 4.78 is 32.8. The summed E-state index contributed by atoms with van der Waals surface area (Å²) in [5.41, 5.74) is 0.0954. The number of ether oxygens (including phenoxy) is 1. The molecule has 30 heavy (non-hydrogen) atoms. The second-order valence-corrected chi connectivity index (χ2v) is 7.84. The fourth-order valence-electron chi connectivity index (χ4n) is 4.17. The Balaban J connectivity index is 1.27. The average Bonchev–Trinajstić information content (AvgIpc) is 3.14. The van der Waals surface area contributed by atoms with Crippen molar-refractivity contribution < 1.29 is 23.1 Å². The number of likely N-dealkylation sites (tertiary alicyclic amines) is 1. The van der Waals surface area contributed by atoms with Gasteiger partial charge in [0.25, 0.3) is 11.8 Å². The highest BCUT2D eigenvalue weighted by molar-refractivity contribution is 5.94. The molecule has 2 aliphatic heterocycles. The van der Waals surface area contributed by atoms with Crippen LogP contribution in [0.15, 0.2) is 42.6 Å². The molecule has 2 fully saturated rings. The van der Waals surface area contributed by atoms with E-state index in [0.717, 1.165) is 43.9 Å². The van der Waals surface area contributed by atoms with Crippen molar-refractivity contribution in [3.63, 3.8) is 0 Å². The standard InChI is InChI=1S/C22H23F2N3O3/c23-16-11-15(12-17(24)13-16)20(28)26-14-18-4-5-22(30-18)6-9-27(10-7-22)21(29)19-3-1-2-8-25-19/h1-3,8,11-13,18H,4-7,9-10,14H2,(H,26,28)/t18-/m0/s1. The lowest BCUT2D eigenvalue weighted by atomic mass is 9.88. The van der Waals surface area contributed by atoms with Gasteiger partial charge in [-0.3, -0.25) is 14.6 Å². The third-order valence-electron chi connectivity index (χ3n) is 5.80. The van der Waals surface area contributed by atoms with Crippen LogP contribution in [0.5, 0.6) is 0 Å². The van der Waals surface area contributed by atoms with Gasteiger partial charge in [0.15, 0.2) is 0 Å². The van der Waals surface area contributed by atoms with Crippen LogP contribution in [0.25, 0.3) is 0 Å². The largest absolute Gasteiger partial charge is 0.370 e. The first-order valence-electron chi connectivity index (χ1n) is 10.1. The Morgan fingerprint density at radius 1 is 1.13 bits per heavy atom. The van der Waals surface area contributed by atoms with Crippen molar-refractivity contribution in [2.45, 2.75) is 37.4 Å². The first kappa shape index (κ1) is 20.4. The topological polar surface area (TPSA) is 71.5 Å². The number of pyridine rings is 1. The maximum absolute atomic E-state index is 13.3. The van der Waals surface area contributed by atoms with Crippen molar-refractivity contribution in [2.24, 2.45) is 0 Å². The van der Waals surface area contributed by atoms with E-state index in [1.54, 1.807) is 29.3 Å². The van der Waals surface area contributed by atoms with Crippen LogP contribution in [0.1, 0.15) is 46.5 Å². The van der Waals surface area contributed by atoms with Crippen molar-refractivity contribution in [3.05, 3.63) is 65.5 Å². The highest BCUT2D eigenvalue weighted by Crippen LogP contribution is 2.39. The molecule has 0 unspecified atom stereocenters. The third kappa shape index (κ3) is 4.48. The van der Waals surface area contributed by atoms with Crippen LogP contribution in [-0.2, 0) is 4.74 Å². The molecule has 2 amide bonds. The van der Waals surface area contributed by atoms with Crippen LogP contribution in [0, 0.1) is 11.6 Å². The maximum Gasteiger partial charge on any atom is 0.272 e. The van der Waals surface area contributed by atoms with Gasteiger partial charge in [-0.1, -0.05) is 6.07 Å². The molecule has 0 saturated carbocycles. The summed E-state index contributed by atoms with van der Waals surface area (Å²) in [6, 6.07) is 8.02. The number of hydrogen-bond acceptors (Lipinski definition) is 4. The van der Waals surface area contributed by atoms with Gasteiger partial charge in [0.05, 0.1) is 11.7 Å². The highest BCUT2D eigenvalue weighted by Gasteiger charge is 2.43. The fourth-order valence-corrected chi connectivity index (χ4v) is 4.17. The van der Waals surface area contributed by atoms with Crippen LogP contribution in [-0.4, -0.2) is 53.0 Å². The summed E-state index contributed by atoms with van der Waals surface area (Å²) in [6.07, 6.45) is 4.54. The summed E-state index contributed by atoms with van der Waals surface area (Å²) in [6.45, 7) is 1.46. The van der Waals surface area contributed by atoms with Gasteiger partial charge in [-0.25, -0.2) is 8.78 Å². The Labute approximate surface area is 173 Å². The normalized spacial score (nSPS) is 20.3. The van der Waals surface area contributed by atoms with Crippen molar-refractivity contribution in [1.82, 2.24) is 15.2 Å². The number of nitrogens with zero attached hydrogens (tertiary/aromatic N) is 2. The molecule has 1 spiro atoms. The lowest BCUT2D eigenvalue weighted by Crippen LogP contribution is -2.47. The van der Waals surface area contributed by atoms with Crippen molar-refractivity contribution >= 4 is 11.8 Å². The fraction of sp³-hybridized carbons (Fsp3) is 0.409. The molecule has 6 nitrogen and oxygen atoms in total. The maximum atomic E-state index is 13.3. The molecule has 1 N–H and O–H groups in total. The van der Waals surface area contributed by atoms with Crippen molar-refractivity contribution in [2.75, 3.05) is 19.6 Å². The Hall–Kier alpha value is -2.87. The molecule has 1 aromatic carbocycles. The predicted octanol–water partition coefficient (Wildman–Crippen LogP) is 2.94. The number of piperidine rings is 1. The minimum atomic E-state index is -0.789. The number of benzene rings is 1. The zero-order chi connectivity index (χ0) is 21.1. The van der Waals surface area contributed by atoms with E-state index in [9.17, 15) is 18.4 Å². The molecule has 1 aromatic heterocycles. The summed E-state index contributed by atoms with van der Waals surface area (Å²) in [5, 5.41) is 2.70. The van der Waals surface area contributed by atoms with Crippen LogP contribution in [0.3, 0.4) is 0 Å². The number of hydrogen-bond donors (Lipinski definition) is 1. The Kier molecular flexibility index (Phi) is 5.76. The minimum Gasteiger partial charge on any atom is -0.370 e. The van der Waals surface area contributed by atoms with Gasteiger partial charge >= 0.3 is 0 Å². The molecule has 0 bridgehead atoms. The monoisotopic (exact) mass is 415 g/mol. The van der Waals surface area contributed by atoms with Crippen molar-refractivity contribution in [1.29, 1.82) is 0 Å². The Morgan fingerprint density at radius 3 is 2.53 bits per heavy atom.